The van der Waals surface area contributed by atoms with Gasteiger partial charge in [0.25, 0.3) is 17.7 Å². The Morgan fingerprint density at radius 3 is 1.20 bits per heavy atom. The van der Waals surface area contributed by atoms with Crippen molar-refractivity contribution in [1.82, 2.24) is 59.1 Å². The molecule has 3 N–H and O–H groups in total. The Kier molecular flexibility index (Phi) is 20.2. The fourth-order valence-electron chi connectivity index (χ4n) is 11.2. The normalized spacial score (nSPS) is 14.0. The molecule has 15 rings (SSSR count). The molecule has 3 fully saturated rings. The fraction of sp³-hybridized carbons (Fsp3) is 0.269. The number of thioether (sulfide) groups is 1. The first kappa shape index (κ1) is 67.6. The molecular formula is C78H78N12O6S3. The summed E-state index contributed by atoms with van der Waals surface area (Å²) >= 11 is 1.75. The van der Waals surface area contributed by atoms with Gasteiger partial charge in [0.05, 0.1) is 69.3 Å². The molecule has 3 saturated carbocycles. The molecule has 18 nitrogen and oxygen atoms in total. The van der Waals surface area contributed by atoms with E-state index in [-0.39, 0.29) is 40.3 Å². The molecule has 6 heterocycles. The van der Waals surface area contributed by atoms with Crippen molar-refractivity contribution >= 4 is 67.1 Å². The maximum absolute atomic E-state index is 13.2. The van der Waals surface area contributed by atoms with Gasteiger partial charge in [-0.1, -0.05) is 169 Å². The van der Waals surface area contributed by atoms with E-state index in [9.17, 15) is 27.0 Å². The first-order valence-electron chi connectivity index (χ1n) is 33.7. The van der Waals surface area contributed by atoms with Crippen LogP contribution < -0.4 is 16.0 Å². The standard InChI is InChI=1S/C26H26N4O3S.C26H26N4O2S.C26H26N4OS/c1-17(2)16-34(32,33)26-24-27-14-23(30(24)15-22(29-26)18-6-4-3-5-7-18)19-8-10-20(11-9-19)25(31)28-21-12-13-21;1-17(2)16-33(32)26-24-27-14-23(30(24)15-22(29-26)18-6-4-3-5-7-18)19-8-10-20(11-9-19)25(31)28-21-12-13-21;1-17(2)16-32-26-24-27-14-23(30(24)15-22(29-26)18-6-4-3-5-7-18)19-8-10-20(11-9-19)25(31)28-21-12-13-21/h3-11,14-15,17,21H,12-13,16H2,1-2H3,(H,28,31);3-11,14-15,17,21H,12-13,16H2,1-2H3,(H,28,31);3-11,14-15,17,21H,12-13,16H2,1-2H3,(H,28,31). The Labute approximate surface area is 583 Å². The van der Waals surface area contributed by atoms with Gasteiger partial charge in [-0.3, -0.25) is 31.8 Å². The molecule has 3 amide bonds. The minimum atomic E-state index is -3.66. The van der Waals surface area contributed by atoms with E-state index in [4.69, 9.17) is 15.0 Å². The van der Waals surface area contributed by atoms with E-state index in [2.05, 4.69) is 67.5 Å². The Balaban J connectivity index is 0.000000133. The van der Waals surface area contributed by atoms with E-state index < -0.39 is 20.6 Å². The fourth-order valence-corrected chi connectivity index (χ4v) is 15.2. The third kappa shape index (κ3) is 16.3. The molecule has 0 bridgehead atoms. The number of sulfone groups is 1. The average Bonchev–Trinajstić information content (AvgIpc) is 1.67. The molecule has 0 spiro atoms. The van der Waals surface area contributed by atoms with Crippen molar-refractivity contribution in [2.24, 2.45) is 17.8 Å². The van der Waals surface area contributed by atoms with Crippen molar-refractivity contribution in [2.45, 2.75) is 113 Å². The maximum Gasteiger partial charge on any atom is 0.251 e. The number of rotatable bonds is 21. The van der Waals surface area contributed by atoms with Crippen LogP contribution in [0.25, 0.3) is 84.5 Å². The minimum Gasteiger partial charge on any atom is -0.349 e. The van der Waals surface area contributed by atoms with Crippen molar-refractivity contribution in [2.75, 3.05) is 17.3 Å². The lowest BCUT2D eigenvalue weighted by atomic mass is 10.1. The van der Waals surface area contributed by atoms with Gasteiger partial charge in [0, 0.05) is 98.3 Å². The summed E-state index contributed by atoms with van der Waals surface area (Å²) in [6.45, 7) is 12.3. The molecule has 504 valence electrons. The monoisotopic (exact) mass is 1370 g/mol. The van der Waals surface area contributed by atoms with Gasteiger partial charge in [0.2, 0.25) is 0 Å². The Hall–Kier alpha value is -9.96. The SMILES string of the molecule is CC(C)CS(=O)(=O)c1nc(-c2ccccc2)cn2c(-c3ccc(C(=O)NC4CC4)cc3)cnc12.CC(C)CS(=O)c1nc(-c2ccccc2)cn2c(-c3ccc(C(=O)NC4CC4)cc3)cnc12.CC(C)CSc1nc(-c2ccccc2)cn2c(-c3ccc(C(=O)NC4CC4)cc3)cnc12. The zero-order valence-corrected chi connectivity index (χ0v) is 58.5. The van der Waals surface area contributed by atoms with Crippen molar-refractivity contribution in [3.05, 3.63) is 218 Å². The quantitative estimate of drug-likeness (QED) is 0.0569. The number of carbonyl (C=O) groups is 3. The molecule has 0 saturated heterocycles. The first-order chi connectivity index (χ1) is 47.9. The van der Waals surface area contributed by atoms with Crippen LogP contribution in [0, 0.1) is 17.8 Å². The predicted molar refractivity (Wildman–Crippen MR) is 392 cm³/mol. The van der Waals surface area contributed by atoms with Crippen LogP contribution in [-0.2, 0) is 20.6 Å². The molecule has 21 heteroatoms. The van der Waals surface area contributed by atoms with Crippen molar-refractivity contribution in [3.8, 4) is 67.5 Å². The van der Waals surface area contributed by atoms with E-state index in [0.717, 1.165) is 117 Å². The molecule has 6 aromatic carbocycles. The lowest BCUT2D eigenvalue weighted by Gasteiger charge is -2.12. The van der Waals surface area contributed by atoms with E-state index >= 15 is 0 Å². The van der Waals surface area contributed by atoms with Crippen LogP contribution in [0.3, 0.4) is 0 Å². The number of carbonyl (C=O) groups excluding carboxylic acids is 3. The highest BCUT2D eigenvalue weighted by atomic mass is 32.2. The van der Waals surface area contributed by atoms with Gasteiger partial charge in [-0.2, -0.15) is 0 Å². The summed E-state index contributed by atoms with van der Waals surface area (Å²) in [5, 5.41) is 10.5. The molecule has 0 aliphatic heterocycles. The Morgan fingerprint density at radius 2 is 0.818 bits per heavy atom. The van der Waals surface area contributed by atoms with Gasteiger partial charge in [0.1, 0.15) is 5.03 Å². The number of imidazole rings is 3. The second-order valence-corrected chi connectivity index (χ2v) is 31.0. The largest absolute Gasteiger partial charge is 0.349 e. The number of hydrogen-bond acceptors (Lipinski definition) is 13. The number of amides is 3. The highest BCUT2D eigenvalue weighted by Gasteiger charge is 2.29. The van der Waals surface area contributed by atoms with Gasteiger partial charge in [-0.25, -0.2) is 38.3 Å². The smallest absolute Gasteiger partial charge is 0.251 e. The number of benzene rings is 6. The summed E-state index contributed by atoms with van der Waals surface area (Å²) in [5.74, 6) is 2.16. The molecule has 0 radical (unpaired) electrons. The van der Waals surface area contributed by atoms with Crippen molar-refractivity contribution in [1.29, 1.82) is 0 Å². The summed E-state index contributed by atoms with van der Waals surface area (Å²) in [6.07, 6.45) is 17.5. The van der Waals surface area contributed by atoms with E-state index in [1.165, 1.54) is 0 Å². The molecule has 3 aliphatic rings. The highest BCUT2D eigenvalue weighted by Crippen LogP contribution is 2.34. The highest BCUT2D eigenvalue weighted by molar-refractivity contribution is 7.99. The van der Waals surface area contributed by atoms with Crippen molar-refractivity contribution in [3.63, 3.8) is 0 Å². The molecule has 12 aromatic rings. The van der Waals surface area contributed by atoms with E-state index in [0.29, 0.717) is 68.5 Å². The third-order valence-corrected chi connectivity index (χ3v) is 21.8. The minimum absolute atomic E-state index is 0.000118. The third-order valence-electron chi connectivity index (χ3n) is 16.8. The van der Waals surface area contributed by atoms with Gasteiger partial charge in [-0.05, 0) is 92.7 Å². The zero-order chi connectivity index (χ0) is 68.9. The summed E-state index contributed by atoms with van der Waals surface area (Å²) in [4.78, 5) is 65.0. The lowest BCUT2D eigenvalue weighted by molar-refractivity contribution is 0.0942. The van der Waals surface area contributed by atoms with Gasteiger partial charge >= 0.3 is 0 Å². The van der Waals surface area contributed by atoms with Crippen LogP contribution in [0.1, 0.15) is 111 Å². The van der Waals surface area contributed by atoms with Crippen LogP contribution in [0.5, 0.6) is 0 Å². The molecule has 1 atom stereocenters. The zero-order valence-electron chi connectivity index (χ0n) is 56.1. The average molecular weight is 1380 g/mol. The number of fused-ring (bicyclic) bond motifs is 3. The predicted octanol–water partition coefficient (Wildman–Crippen LogP) is 14.8. The number of nitrogens with zero attached hydrogens (tertiary/aromatic N) is 9. The summed E-state index contributed by atoms with van der Waals surface area (Å²) in [6, 6.07) is 53.1. The van der Waals surface area contributed by atoms with Crippen LogP contribution in [0.4, 0.5) is 0 Å². The van der Waals surface area contributed by atoms with E-state index in [1.807, 2.05) is 190 Å². The van der Waals surface area contributed by atoms with Gasteiger partial charge in [-0.15, -0.1) is 11.8 Å². The lowest BCUT2D eigenvalue weighted by Crippen LogP contribution is -2.25. The Bertz CT molecular complexity index is 5030. The number of aromatic nitrogens is 9. The van der Waals surface area contributed by atoms with Crippen LogP contribution in [0.2, 0.25) is 0 Å². The molecule has 3 aliphatic carbocycles. The molecule has 1 unspecified atom stereocenters. The number of nitrogens with one attached hydrogen (secondary N) is 3. The van der Waals surface area contributed by atoms with E-state index in [1.54, 1.807) is 40.7 Å². The second kappa shape index (κ2) is 29.6. The van der Waals surface area contributed by atoms with Crippen LogP contribution >= 0.6 is 11.8 Å². The van der Waals surface area contributed by atoms with Crippen molar-refractivity contribution < 1.29 is 27.0 Å². The molecule has 99 heavy (non-hydrogen) atoms. The maximum atomic E-state index is 13.2. The van der Waals surface area contributed by atoms with Gasteiger partial charge in [0.15, 0.2) is 36.8 Å². The molecule has 6 aromatic heterocycles. The van der Waals surface area contributed by atoms with Gasteiger partial charge < -0.3 is 16.0 Å². The first-order valence-corrected chi connectivity index (χ1v) is 37.6. The second-order valence-electron chi connectivity index (χ2n) is 26.7. The summed E-state index contributed by atoms with van der Waals surface area (Å²) in [7, 11) is -4.93. The summed E-state index contributed by atoms with van der Waals surface area (Å²) in [5.41, 5.74) is 14.1. The number of hydrogen-bond donors (Lipinski definition) is 3. The Morgan fingerprint density at radius 1 is 0.455 bits per heavy atom. The van der Waals surface area contributed by atoms with Crippen LogP contribution in [0.15, 0.2) is 216 Å². The van der Waals surface area contributed by atoms with Crippen LogP contribution in [-0.4, -0.2) is 109 Å². The molecular weight excluding hydrogens is 1300 g/mol. The topological polar surface area (TPSA) is 229 Å². The summed E-state index contributed by atoms with van der Waals surface area (Å²) < 4.78 is 45.5.